The van der Waals surface area contributed by atoms with Gasteiger partial charge in [0.15, 0.2) is 5.75 Å². The third-order valence-electron chi connectivity index (χ3n) is 5.79. The minimum absolute atomic E-state index is 0.0507. The van der Waals surface area contributed by atoms with E-state index in [2.05, 4.69) is 15.0 Å². The van der Waals surface area contributed by atoms with Gasteiger partial charge in [0.05, 0.1) is 10.6 Å². The van der Waals surface area contributed by atoms with Gasteiger partial charge in [0, 0.05) is 43.3 Å². The smallest absolute Gasteiger partial charge is 0.491 e. The van der Waals surface area contributed by atoms with Crippen molar-refractivity contribution in [1.29, 1.82) is 0 Å². The number of anilines is 1. The summed E-state index contributed by atoms with van der Waals surface area (Å²) in [5, 5.41) is 2.81. The third-order valence-corrected chi connectivity index (χ3v) is 6.08. The van der Waals surface area contributed by atoms with Gasteiger partial charge in [-0.15, -0.1) is 0 Å². The standard InChI is InChI=1S/C25H29ClF3N3O4/c1-2-13-32(18-6-4-3-5-7-18)23(33)20-15-19(35-14-12-31-17-8-10-30-11-9-17)16-21(26)22(20)36-24(34)25(27,28)29/h8-11,15-16,18H,2-7,12-14H2,1H3,(H,30,31). The monoisotopic (exact) mass is 527 g/mol. The van der Waals surface area contributed by atoms with Crippen LogP contribution in [0.4, 0.5) is 18.9 Å². The van der Waals surface area contributed by atoms with Gasteiger partial charge < -0.3 is 19.7 Å². The molecule has 1 aliphatic carbocycles. The molecule has 7 nitrogen and oxygen atoms in total. The van der Waals surface area contributed by atoms with Crippen LogP contribution in [-0.2, 0) is 4.79 Å². The number of carbonyl (C=O) groups is 2. The van der Waals surface area contributed by atoms with Crippen LogP contribution in [0, 0.1) is 0 Å². The molecule has 0 aliphatic heterocycles. The molecule has 11 heteroatoms. The molecule has 0 radical (unpaired) electrons. The highest BCUT2D eigenvalue weighted by atomic mass is 35.5. The van der Waals surface area contributed by atoms with Crippen molar-refractivity contribution in [2.45, 2.75) is 57.7 Å². The molecule has 1 amide bonds. The summed E-state index contributed by atoms with van der Waals surface area (Å²) in [6.45, 7) is 2.90. The van der Waals surface area contributed by atoms with E-state index in [9.17, 15) is 22.8 Å². The van der Waals surface area contributed by atoms with Crippen LogP contribution in [0.3, 0.4) is 0 Å². The molecule has 1 heterocycles. The average Bonchev–Trinajstić information content (AvgIpc) is 2.86. The van der Waals surface area contributed by atoms with E-state index in [0.717, 1.165) is 37.8 Å². The maximum absolute atomic E-state index is 13.6. The molecule has 0 saturated heterocycles. The molecule has 2 aromatic rings. The van der Waals surface area contributed by atoms with E-state index in [1.165, 1.54) is 12.1 Å². The molecular formula is C25H29ClF3N3O4. The molecule has 0 spiro atoms. The second kappa shape index (κ2) is 12.8. The van der Waals surface area contributed by atoms with Crippen molar-refractivity contribution in [2.24, 2.45) is 0 Å². The van der Waals surface area contributed by atoms with Gasteiger partial charge in [0.25, 0.3) is 5.91 Å². The molecule has 1 aromatic carbocycles. The first kappa shape index (κ1) is 27.6. The van der Waals surface area contributed by atoms with Gasteiger partial charge in [-0.1, -0.05) is 37.8 Å². The number of halogens is 4. The molecule has 1 fully saturated rings. The molecule has 0 unspecified atom stereocenters. The normalized spacial score (nSPS) is 14.2. The summed E-state index contributed by atoms with van der Waals surface area (Å²) < 4.78 is 49.2. The van der Waals surface area contributed by atoms with Crippen molar-refractivity contribution in [3.05, 3.63) is 47.2 Å². The zero-order chi connectivity index (χ0) is 26.1. The Morgan fingerprint density at radius 3 is 2.50 bits per heavy atom. The van der Waals surface area contributed by atoms with Crippen LogP contribution >= 0.6 is 11.6 Å². The number of amides is 1. The van der Waals surface area contributed by atoms with E-state index >= 15 is 0 Å². The fraction of sp³-hybridized carbons (Fsp3) is 0.480. The lowest BCUT2D eigenvalue weighted by molar-refractivity contribution is -0.189. The Kier molecular flexibility index (Phi) is 9.81. The van der Waals surface area contributed by atoms with Crippen molar-refractivity contribution < 1.29 is 32.2 Å². The van der Waals surface area contributed by atoms with Crippen LogP contribution in [0.15, 0.2) is 36.7 Å². The van der Waals surface area contributed by atoms with E-state index < -0.39 is 23.8 Å². The van der Waals surface area contributed by atoms with E-state index in [4.69, 9.17) is 16.3 Å². The lowest BCUT2D eigenvalue weighted by Crippen LogP contribution is -2.42. The largest absolute Gasteiger partial charge is 0.492 e. The number of aromatic nitrogens is 1. The van der Waals surface area contributed by atoms with Crippen LogP contribution in [0.1, 0.15) is 55.8 Å². The van der Waals surface area contributed by atoms with Crippen LogP contribution in [0.5, 0.6) is 11.5 Å². The molecule has 1 aromatic heterocycles. The number of hydrogen-bond donors (Lipinski definition) is 1. The van der Waals surface area contributed by atoms with E-state index in [-0.39, 0.29) is 29.0 Å². The zero-order valence-corrected chi connectivity index (χ0v) is 20.7. The van der Waals surface area contributed by atoms with Gasteiger partial charge in [-0.05, 0) is 37.5 Å². The fourth-order valence-electron chi connectivity index (χ4n) is 4.14. The summed E-state index contributed by atoms with van der Waals surface area (Å²) in [6.07, 6.45) is 3.27. The predicted octanol–water partition coefficient (Wildman–Crippen LogP) is 5.88. The Balaban J connectivity index is 1.86. The maximum Gasteiger partial charge on any atom is 0.491 e. The Hall–Kier alpha value is -3.01. The van der Waals surface area contributed by atoms with Crippen molar-refractivity contribution in [3.63, 3.8) is 0 Å². The minimum atomic E-state index is -5.25. The highest BCUT2D eigenvalue weighted by Gasteiger charge is 2.42. The SMILES string of the molecule is CCCN(C(=O)c1cc(OCCNc2ccncc2)cc(Cl)c1OC(=O)C(F)(F)F)C1CCCCC1. The maximum atomic E-state index is 13.6. The quantitative estimate of drug-likeness (QED) is 0.236. The van der Waals surface area contributed by atoms with Crippen molar-refractivity contribution in [1.82, 2.24) is 9.88 Å². The number of rotatable bonds is 10. The van der Waals surface area contributed by atoms with Crippen LogP contribution in [0.25, 0.3) is 0 Å². The molecule has 1 N–H and O–H groups in total. The number of alkyl halides is 3. The van der Waals surface area contributed by atoms with Gasteiger partial charge in [-0.2, -0.15) is 13.2 Å². The van der Waals surface area contributed by atoms with Crippen molar-refractivity contribution >= 4 is 29.2 Å². The van der Waals surface area contributed by atoms with Gasteiger partial charge in [0.1, 0.15) is 12.4 Å². The Bertz CT molecular complexity index is 1030. The first-order valence-electron chi connectivity index (χ1n) is 11.9. The lowest BCUT2D eigenvalue weighted by Gasteiger charge is -2.34. The summed E-state index contributed by atoms with van der Waals surface area (Å²) in [5.74, 6) is -3.45. The average molecular weight is 528 g/mol. The summed E-state index contributed by atoms with van der Waals surface area (Å²) in [4.78, 5) is 30.8. The molecule has 36 heavy (non-hydrogen) atoms. The molecule has 0 atom stereocenters. The molecule has 1 saturated carbocycles. The topological polar surface area (TPSA) is 80.8 Å². The third kappa shape index (κ3) is 7.49. The highest BCUT2D eigenvalue weighted by molar-refractivity contribution is 6.33. The second-order valence-corrected chi connectivity index (χ2v) is 8.88. The number of nitrogens with one attached hydrogen (secondary N) is 1. The Morgan fingerprint density at radius 1 is 1.17 bits per heavy atom. The molecular weight excluding hydrogens is 499 g/mol. The lowest BCUT2D eigenvalue weighted by atomic mass is 9.93. The van der Waals surface area contributed by atoms with Gasteiger partial charge >= 0.3 is 12.1 Å². The van der Waals surface area contributed by atoms with E-state index in [1.807, 2.05) is 6.92 Å². The molecule has 3 rings (SSSR count). The van der Waals surface area contributed by atoms with E-state index in [0.29, 0.717) is 19.5 Å². The first-order valence-corrected chi connectivity index (χ1v) is 12.3. The Labute approximate surface area is 212 Å². The second-order valence-electron chi connectivity index (χ2n) is 8.47. The zero-order valence-electron chi connectivity index (χ0n) is 19.9. The number of ether oxygens (including phenoxy) is 2. The van der Waals surface area contributed by atoms with Crippen molar-refractivity contribution in [2.75, 3.05) is 25.0 Å². The number of carbonyl (C=O) groups excluding carboxylic acids is 2. The van der Waals surface area contributed by atoms with Gasteiger partial charge in [-0.3, -0.25) is 9.78 Å². The highest BCUT2D eigenvalue weighted by Crippen LogP contribution is 2.37. The summed E-state index contributed by atoms with van der Waals surface area (Å²) in [6, 6.07) is 6.03. The van der Waals surface area contributed by atoms with Crippen LogP contribution in [-0.4, -0.2) is 53.7 Å². The number of nitrogens with zero attached hydrogens (tertiary/aromatic N) is 2. The number of benzene rings is 1. The summed E-state index contributed by atoms with van der Waals surface area (Å²) >= 11 is 6.23. The summed E-state index contributed by atoms with van der Waals surface area (Å²) in [5.41, 5.74) is 0.593. The van der Waals surface area contributed by atoms with Crippen LogP contribution < -0.4 is 14.8 Å². The van der Waals surface area contributed by atoms with Gasteiger partial charge in [-0.25, -0.2) is 4.79 Å². The number of hydrogen-bond acceptors (Lipinski definition) is 6. The number of pyridine rings is 1. The summed E-state index contributed by atoms with van der Waals surface area (Å²) in [7, 11) is 0. The van der Waals surface area contributed by atoms with Gasteiger partial charge in [0.2, 0.25) is 0 Å². The molecule has 0 bridgehead atoms. The first-order chi connectivity index (χ1) is 17.2. The molecule has 1 aliphatic rings. The molecule has 196 valence electrons. The minimum Gasteiger partial charge on any atom is -0.492 e. The van der Waals surface area contributed by atoms with Crippen molar-refractivity contribution in [3.8, 4) is 11.5 Å². The van der Waals surface area contributed by atoms with E-state index in [1.54, 1.807) is 29.4 Å². The van der Waals surface area contributed by atoms with Crippen LogP contribution in [0.2, 0.25) is 5.02 Å². The fourth-order valence-corrected chi connectivity index (χ4v) is 4.39. The predicted molar refractivity (Wildman–Crippen MR) is 130 cm³/mol. The number of esters is 1. The Morgan fingerprint density at radius 2 is 1.86 bits per heavy atom.